The van der Waals surface area contributed by atoms with Crippen LogP contribution in [0, 0.1) is 5.41 Å². The van der Waals surface area contributed by atoms with E-state index in [1.807, 2.05) is 0 Å². The molecule has 1 aliphatic heterocycles. The summed E-state index contributed by atoms with van der Waals surface area (Å²) in [7, 11) is 0. The first-order valence-electron chi connectivity index (χ1n) is 6.47. The maximum atomic E-state index is 6.05. The number of nitrogens with zero attached hydrogens (tertiary/aromatic N) is 1. The van der Waals surface area contributed by atoms with E-state index in [2.05, 4.69) is 32.6 Å². The van der Waals surface area contributed by atoms with Crippen LogP contribution in [0.2, 0.25) is 0 Å². The SMILES string of the molecule is CCC1CCCCN1CC(C)(C)C(C)N. The molecular formula is C13H28N2. The summed E-state index contributed by atoms with van der Waals surface area (Å²) >= 11 is 0. The van der Waals surface area contributed by atoms with Crippen molar-refractivity contribution in [3.05, 3.63) is 0 Å². The van der Waals surface area contributed by atoms with Gasteiger partial charge in [-0.2, -0.15) is 0 Å². The van der Waals surface area contributed by atoms with Crippen molar-refractivity contribution in [2.45, 2.75) is 65.5 Å². The van der Waals surface area contributed by atoms with Crippen molar-refractivity contribution >= 4 is 0 Å². The average molecular weight is 212 g/mol. The molecule has 15 heavy (non-hydrogen) atoms. The van der Waals surface area contributed by atoms with Crippen LogP contribution in [0.25, 0.3) is 0 Å². The van der Waals surface area contributed by atoms with Crippen LogP contribution in [0.1, 0.15) is 53.4 Å². The molecule has 0 saturated carbocycles. The second kappa shape index (κ2) is 5.31. The van der Waals surface area contributed by atoms with Crippen LogP contribution >= 0.6 is 0 Å². The van der Waals surface area contributed by atoms with Crippen molar-refractivity contribution in [2.75, 3.05) is 13.1 Å². The zero-order valence-corrected chi connectivity index (χ0v) is 10.9. The molecule has 0 bridgehead atoms. The normalized spacial score (nSPS) is 26.6. The molecule has 0 spiro atoms. The Kier molecular flexibility index (Phi) is 4.60. The highest BCUT2D eigenvalue weighted by Gasteiger charge is 2.29. The first kappa shape index (κ1) is 13.0. The second-order valence-electron chi connectivity index (χ2n) is 5.81. The summed E-state index contributed by atoms with van der Waals surface area (Å²) in [4.78, 5) is 2.66. The first-order chi connectivity index (χ1) is 6.97. The Hall–Kier alpha value is -0.0800. The number of nitrogens with two attached hydrogens (primary N) is 1. The van der Waals surface area contributed by atoms with E-state index in [0.717, 1.165) is 12.6 Å². The molecule has 2 nitrogen and oxygen atoms in total. The predicted molar refractivity (Wildman–Crippen MR) is 66.9 cm³/mol. The molecule has 90 valence electrons. The van der Waals surface area contributed by atoms with Crippen LogP contribution < -0.4 is 5.73 Å². The zero-order valence-electron chi connectivity index (χ0n) is 10.9. The molecule has 0 aliphatic carbocycles. The summed E-state index contributed by atoms with van der Waals surface area (Å²) in [6.07, 6.45) is 5.44. The minimum Gasteiger partial charge on any atom is -0.327 e. The molecule has 0 aromatic carbocycles. The molecule has 2 unspecified atom stereocenters. The van der Waals surface area contributed by atoms with E-state index in [4.69, 9.17) is 5.73 Å². The molecule has 0 aromatic rings. The maximum absolute atomic E-state index is 6.05. The van der Waals surface area contributed by atoms with Crippen molar-refractivity contribution in [3.63, 3.8) is 0 Å². The summed E-state index contributed by atoms with van der Waals surface area (Å²) in [6.45, 7) is 11.4. The third-order valence-corrected chi connectivity index (χ3v) is 4.06. The van der Waals surface area contributed by atoms with Gasteiger partial charge in [-0.15, -0.1) is 0 Å². The van der Waals surface area contributed by atoms with E-state index in [-0.39, 0.29) is 11.5 Å². The molecule has 1 aliphatic rings. The smallest absolute Gasteiger partial charge is 0.00928 e. The number of hydrogen-bond donors (Lipinski definition) is 1. The number of likely N-dealkylation sites (tertiary alicyclic amines) is 1. The molecule has 1 rings (SSSR count). The molecule has 0 aromatic heterocycles. The van der Waals surface area contributed by atoms with E-state index in [1.54, 1.807) is 0 Å². The summed E-state index contributed by atoms with van der Waals surface area (Å²) in [5.41, 5.74) is 6.29. The van der Waals surface area contributed by atoms with Crippen molar-refractivity contribution < 1.29 is 0 Å². The van der Waals surface area contributed by atoms with Crippen molar-refractivity contribution in [1.82, 2.24) is 4.90 Å². The van der Waals surface area contributed by atoms with Gasteiger partial charge >= 0.3 is 0 Å². The van der Waals surface area contributed by atoms with Crippen LogP contribution in [-0.2, 0) is 0 Å². The molecule has 1 saturated heterocycles. The van der Waals surface area contributed by atoms with Gasteiger partial charge in [0.2, 0.25) is 0 Å². The molecule has 1 fully saturated rings. The quantitative estimate of drug-likeness (QED) is 0.776. The summed E-state index contributed by atoms with van der Waals surface area (Å²) in [6, 6.07) is 1.08. The Labute approximate surface area is 95.2 Å². The second-order valence-corrected chi connectivity index (χ2v) is 5.81. The summed E-state index contributed by atoms with van der Waals surface area (Å²) in [5.74, 6) is 0. The minimum atomic E-state index is 0.241. The Morgan fingerprint density at radius 3 is 2.60 bits per heavy atom. The fourth-order valence-corrected chi connectivity index (χ4v) is 2.40. The number of piperidine rings is 1. The Balaban J connectivity index is 2.54. The van der Waals surface area contributed by atoms with Gasteiger partial charge in [0, 0.05) is 18.6 Å². The zero-order chi connectivity index (χ0) is 11.5. The minimum absolute atomic E-state index is 0.241. The lowest BCUT2D eigenvalue weighted by molar-refractivity contribution is 0.0837. The van der Waals surface area contributed by atoms with Crippen LogP contribution in [0.4, 0.5) is 0 Å². The largest absolute Gasteiger partial charge is 0.327 e. The maximum Gasteiger partial charge on any atom is 0.00928 e. The van der Waals surface area contributed by atoms with Gasteiger partial charge in [0.25, 0.3) is 0 Å². The third kappa shape index (κ3) is 3.46. The monoisotopic (exact) mass is 212 g/mol. The molecule has 2 atom stereocenters. The van der Waals surface area contributed by atoms with Crippen molar-refractivity contribution in [2.24, 2.45) is 11.1 Å². The topological polar surface area (TPSA) is 29.3 Å². The lowest BCUT2D eigenvalue weighted by Crippen LogP contribution is -2.49. The summed E-state index contributed by atoms with van der Waals surface area (Å²) < 4.78 is 0. The van der Waals surface area contributed by atoms with Crippen LogP contribution in [0.5, 0.6) is 0 Å². The van der Waals surface area contributed by atoms with Crippen molar-refractivity contribution in [3.8, 4) is 0 Å². The van der Waals surface area contributed by atoms with Gasteiger partial charge in [0.15, 0.2) is 0 Å². The summed E-state index contributed by atoms with van der Waals surface area (Å²) in [5, 5.41) is 0. The van der Waals surface area contributed by atoms with Crippen LogP contribution in [-0.4, -0.2) is 30.1 Å². The molecule has 0 amide bonds. The lowest BCUT2D eigenvalue weighted by atomic mass is 9.84. The van der Waals surface area contributed by atoms with E-state index < -0.39 is 0 Å². The van der Waals surface area contributed by atoms with Crippen LogP contribution in [0.15, 0.2) is 0 Å². The van der Waals surface area contributed by atoms with Gasteiger partial charge in [-0.05, 0) is 38.1 Å². The molecule has 0 radical (unpaired) electrons. The average Bonchev–Trinajstić information content (AvgIpc) is 2.18. The van der Waals surface area contributed by atoms with Gasteiger partial charge in [0.05, 0.1) is 0 Å². The van der Waals surface area contributed by atoms with Gasteiger partial charge in [-0.1, -0.05) is 27.2 Å². The molecule has 2 N–H and O–H groups in total. The number of rotatable bonds is 4. The number of hydrogen-bond acceptors (Lipinski definition) is 2. The Morgan fingerprint density at radius 1 is 1.40 bits per heavy atom. The first-order valence-corrected chi connectivity index (χ1v) is 6.47. The van der Waals surface area contributed by atoms with Gasteiger partial charge < -0.3 is 5.73 Å². The van der Waals surface area contributed by atoms with E-state index in [9.17, 15) is 0 Å². The van der Waals surface area contributed by atoms with E-state index in [0.29, 0.717) is 0 Å². The fourth-order valence-electron chi connectivity index (χ4n) is 2.40. The Morgan fingerprint density at radius 2 is 2.07 bits per heavy atom. The lowest BCUT2D eigenvalue weighted by Gasteiger charge is -2.41. The van der Waals surface area contributed by atoms with Crippen molar-refractivity contribution in [1.29, 1.82) is 0 Å². The molecule has 1 heterocycles. The van der Waals surface area contributed by atoms with E-state index >= 15 is 0 Å². The standard InChI is InChI=1S/C13H28N2/c1-5-12-8-6-7-9-15(12)10-13(3,4)11(2)14/h11-12H,5-10,14H2,1-4H3. The van der Waals surface area contributed by atoms with Crippen LogP contribution in [0.3, 0.4) is 0 Å². The molecule has 2 heteroatoms. The highest BCUT2D eigenvalue weighted by atomic mass is 15.2. The Bertz CT molecular complexity index is 187. The highest BCUT2D eigenvalue weighted by Crippen LogP contribution is 2.26. The van der Waals surface area contributed by atoms with Gasteiger partial charge in [-0.25, -0.2) is 0 Å². The fraction of sp³-hybridized carbons (Fsp3) is 1.00. The highest BCUT2D eigenvalue weighted by molar-refractivity contribution is 4.85. The molecular weight excluding hydrogens is 184 g/mol. The van der Waals surface area contributed by atoms with Gasteiger partial charge in [0.1, 0.15) is 0 Å². The predicted octanol–water partition coefficient (Wildman–Crippen LogP) is 2.62. The third-order valence-electron chi connectivity index (χ3n) is 4.06. The van der Waals surface area contributed by atoms with E-state index in [1.165, 1.54) is 32.2 Å². The van der Waals surface area contributed by atoms with Gasteiger partial charge in [-0.3, -0.25) is 4.90 Å².